The molecule has 1 atom stereocenters. The van der Waals surface area contributed by atoms with Gasteiger partial charge in [-0.05, 0) is 30.2 Å². The summed E-state index contributed by atoms with van der Waals surface area (Å²) in [6, 6.07) is 7.94. The highest BCUT2D eigenvalue weighted by Crippen LogP contribution is 2.09. The van der Waals surface area contributed by atoms with Gasteiger partial charge in [0.1, 0.15) is 0 Å². The van der Waals surface area contributed by atoms with Gasteiger partial charge in [-0.1, -0.05) is 32.4 Å². The van der Waals surface area contributed by atoms with Crippen LogP contribution in [-0.4, -0.2) is 12.5 Å². The van der Waals surface area contributed by atoms with Gasteiger partial charge < -0.3 is 10.6 Å². The van der Waals surface area contributed by atoms with Crippen LogP contribution in [0.3, 0.4) is 0 Å². The Morgan fingerprint density at radius 1 is 1.29 bits per heavy atom. The molecular formula is C14H22N2O. The van der Waals surface area contributed by atoms with Crippen LogP contribution in [-0.2, 0) is 11.3 Å². The molecule has 1 unspecified atom stereocenters. The molecule has 3 nitrogen and oxygen atoms in total. The summed E-state index contributed by atoms with van der Waals surface area (Å²) in [6.45, 7) is 7.89. The van der Waals surface area contributed by atoms with Crippen molar-refractivity contribution in [2.45, 2.75) is 33.7 Å². The van der Waals surface area contributed by atoms with E-state index in [1.807, 2.05) is 24.3 Å². The number of anilines is 1. The number of hydrogen-bond acceptors (Lipinski definition) is 2. The Balaban J connectivity index is 2.37. The number of amides is 1. The summed E-state index contributed by atoms with van der Waals surface area (Å²) >= 11 is 0. The van der Waals surface area contributed by atoms with Gasteiger partial charge >= 0.3 is 0 Å². The van der Waals surface area contributed by atoms with Gasteiger partial charge in [0.25, 0.3) is 0 Å². The summed E-state index contributed by atoms with van der Waals surface area (Å²) in [5.74, 6) is 0.682. The first-order valence-corrected chi connectivity index (χ1v) is 6.19. The number of carbonyl (C=O) groups is 1. The Bertz CT molecular complexity index is 346. The van der Waals surface area contributed by atoms with E-state index in [0.717, 1.165) is 18.8 Å². The van der Waals surface area contributed by atoms with Crippen molar-refractivity contribution in [3.8, 4) is 0 Å². The van der Waals surface area contributed by atoms with Crippen LogP contribution >= 0.6 is 0 Å². The van der Waals surface area contributed by atoms with Crippen molar-refractivity contribution < 1.29 is 4.79 Å². The molecule has 0 aromatic heterocycles. The topological polar surface area (TPSA) is 41.1 Å². The average Bonchev–Trinajstić information content (AvgIpc) is 2.30. The van der Waals surface area contributed by atoms with Crippen LogP contribution in [0.1, 0.15) is 32.8 Å². The standard InChI is InChI=1S/C14H22N2O/c1-4-11(2)9-15-10-13-5-7-14(8-6-13)16-12(3)17/h5-8,11,15H,4,9-10H2,1-3H3,(H,16,17). The fraction of sp³-hybridized carbons (Fsp3) is 0.500. The first-order valence-electron chi connectivity index (χ1n) is 6.19. The minimum Gasteiger partial charge on any atom is -0.326 e. The zero-order valence-electron chi connectivity index (χ0n) is 10.9. The third-order valence-electron chi connectivity index (χ3n) is 2.79. The Hall–Kier alpha value is -1.35. The Morgan fingerprint density at radius 3 is 2.47 bits per heavy atom. The maximum atomic E-state index is 10.9. The van der Waals surface area contributed by atoms with Crippen molar-refractivity contribution in [1.29, 1.82) is 0 Å². The van der Waals surface area contributed by atoms with E-state index in [-0.39, 0.29) is 5.91 Å². The smallest absolute Gasteiger partial charge is 0.221 e. The molecule has 0 fully saturated rings. The lowest BCUT2D eigenvalue weighted by Crippen LogP contribution is -2.20. The van der Waals surface area contributed by atoms with Crippen molar-refractivity contribution >= 4 is 11.6 Å². The molecule has 1 rings (SSSR count). The van der Waals surface area contributed by atoms with E-state index < -0.39 is 0 Å². The van der Waals surface area contributed by atoms with Crippen LogP contribution in [0, 0.1) is 5.92 Å². The second kappa shape index (κ2) is 7.07. The molecule has 0 radical (unpaired) electrons. The summed E-state index contributed by atoms with van der Waals surface area (Å²) in [5.41, 5.74) is 2.09. The number of hydrogen-bond donors (Lipinski definition) is 2. The molecule has 2 N–H and O–H groups in total. The summed E-state index contributed by atoms with van der Waals surface area (Å²) < 4.78 is 0. The quantitative estimate of drug-likeness (QED) is 0.794. The normalized spacial score (nSPS) is 12.2. The Kier molecular flexibility index (Phi) is 5.70. The van der Waals surface area contributed by atoms with Gasteiger partial charge in [-0.2, -0.15) is 0 Å². The molecule has 0 heterocycles. The predicted molar refractivity (Wildman–Crippen MR) is 71.9 cm³/mol. The Morgan fingerprint density at radius 2 is 1.94 bits per heavy atom. The van der Waals surface area contributed by atoms with Gasteiger partial charge in [0, 0.05) is 19.2 Å². The van der Waals surface area contributed by atoms with E-state index in [4.69, 9.17) is 0 Å². The third kappa shape index (κ3) is 5.50. The van der Waals surface area contributed by atoms with Gasteiger partial charge in [-0.15, -0.1) is 0 Å². The molecule has 0 aliphatic heterocycles. The number of benzene rings is 1. The zero-order chi connectivity index (χ0) is 12.7. The van der Waals surface area contributed by atoms with Gasteiger partial charge in [0.2, 0.25) is 5.91 Å². The first kappa shape index (κ1) is 13.7. The maximum absolute atomic E-state index is 10.9. The third-order valence-corrected chi connectivity index (χ3v) is 2.79. The number of rotatable bonds is 6. The van der Waals surface area contributed by atoms with Crippen LogP contribution in [0.5, 0.6) is 0 Å². The van der Waals surface area contributed by atoms with Crippen molar-refractivity contribution in [3.63, 3.8) is 0 Å². The van der Waals surface area contributed by atoms with Gasteiger partial charge in [-0.3, -0.25) is 4.79 Å². The largest absolute Gasteiger partial charge is 0.326 e. The number of carbonyl (C=O) groups excluding carboxylic acids is 1. The zero-order valence-corrected chi connectivity index (χ0v) is 10.9. The van der Waals surface area contributed by atoms with Gasteiger partial charge in [0.15, 0.2) is 0 Å². The fourth-order valence-corrected chi connectivity index (χ4v) is 1.52. The van der Waals surface area contributed by atoms with Crippen molar-refractivity contribution in [1.82, 2.24) is 5.32 Å². The lowest BCUT2D eigenvalue weighted by atomic mass is 10.1. The molecule has 3 heteroatoms. The SMILES string of the molecule is CCC(C)CNCc1ccc(NC(C)=O)cc1. The minimum atomic E-state index is -0.0346. The predicted octanol–water partition coefficient (Wildman–Crippen LogP) is 2.78. The van der Waals surface area contributed by atoms with E-state index in [1.165, 1.54) is 18.9 Å². The number of nitrogens with one attached hydrogen (secondary N) is 2. The van der Waals surface area contributed by atoms with Crippen LogP contribution in [0.25, 0.3) is 0 Å². The molecule has 0 aliphatic rings. The van der Waals surface area contributed by atoms with Gasteiger partial charge in [-0.25, -0.2) is 0 Å². The van der Waals surface area contributed by atoms with Crippen LogP contribution < -0.4 is 10.6 Å². The second-order valence-electron chi connectivity index (χ2n) is 4.52. The molecule has 0 saturated heterocycles. The first-order chi connectivity index (χ1) is 8.11. The fourth-order valence-electron chi connectivity index (χ4n) is 1.52. The van der Waals surface area contributed by atoms with Crippen molar-refractivity contribution in [2.75, 3.05) is 11.9 Å². The van der Waals surface area contributed by atoms with Crippen LogP contribution in [0.2, 0.25) is 0 Å². The molecule has 0 saturated carbocycles. The van der Waals surface area contributed by atoms with Crippen molar-refractivity contribution in [2.24, 2.45) is 5.92 Å². The van der Waals surface area contributed by atoms with Crippen LogP contribution in [0.4, 0.5) is 5.69 Å². The molecule has 0 spiro atoms. The average molecular weight is 234 g/mol. The molecule has 0 aliphatic carbocycles. The summed E-state index contributed by atoms with van der Waals surface area (Å²) in [6.07, 6.45) is 1.20. The van der Waals surface area contributed by atoms with E-state index >= 15 is 0 Å². The molecule has 1 amide bonds. The monoisotopic (exact) mass is 234 g/mol. The highest BCUT2D eigenvalue weighted by atomic mass is 16.1. The summed E-state index contributed by atoms with van der Waals surface area (Å²) in [4.78, 5) is 10.9. The van der Waals surface area contributed by atoms with E-state index in [2.05, 4.69) is 24.5 Å². The maximum Gasteiger partial charge on any atom is 0.221 e. The van der Waals surface area contributed by atoms with Crippen molar-refractivity contribution in [3.05, 3.63) is 29.8 Å². The molecule has 0 bridgehead atoms. The second-order valence-corrected chi connectivity index (χ2v) is 4.52. The lowest BCUT2D eigenvalue weighted by molar-refractivity contribution is -0.114. The Labute approximate surface area is 104 Å². The minimum absolute atomic E-state index is 0.0346. The summed E-state index contributed by atoms with van der Waals surface area (Å²) in [5, 5.41) is 6.18. The highest BCUT2D eigenvalue weighted by molar-refractivity contribution is 5.88. The molecule has 1 aromatic carbocycles. The summed E-state index contributed by atoms with van der Waals surface area (Å²) in [7, 11) is 0. The molecule has 1 aromatic rings. The highest BCUT2D eigenvalue weighted by Gasteiger charge is 1.99. The van der Waals surface area contributed by atoms with E-state index in [1.54, 1.807) is 0 Å². The molecular weight excluding hydrogens is 212 g/mol. The lowest BCUT2D eigenvalue weighted by Gasteiger charge is -2.10. The van der Waals surface area contributed by atoms with Gasteiger partial charge in [0.05, 0.1) is 0 Å². The molecule has 17 heavy (non-hydrogen) atoms. The van der Waals surface area contributed by atoms with E-state index in [0.29, 0.717) is 5.92 Å². The van der Waals surface area contributed by atoms with E-state index in [9.17, 15) is 4.79 Å². The molecule has 94 valence electrons. The van der Waals surface area contributed by atoms with Crippen LogP contribution in [0.15, 0.2) is 24.3 Å².